The van der Waals surface area contributed by atoms with Gasteiger partial charge in [-0.3, -0.25) is 0 Å². The molecule has 0 spiro atoms. The molecule has 11 heteroatoms. The lowest BCUT2D eigenvalue weighted by molar-refractivity contribution is -0.137. The van der Waals surface area contributed by atoms with Crippen molar-refractivity contribution in [1.29, 1.82) is 0 Å². The predicted molar refractivity (Wildman–Crippen MR) is 108 cm³/mol. The quantitative estimate of drug-likeness (QED) is 0.622. The number of nitrogens with one attached hydrogen (secondary N) is 1. The van der Waals surface area contributed by atoms with E-state index in [2.05, 4.69) is 15.5 Å². The first-order valence-electron chi connectivity index (χ1n) is 9.58. The summed E-state index contributed by atoms with van der Waals surface area (Å²) in [5.41, 5.74) is -0.125. The Kier molecular flexibility index (Phi) is 5.64. The molecule has 0 atom stereocenters. The lowest BCUT2D eigenvalue weighted by Crippen LogP contribution is -2.50. The number of halogens is 3. The molecule has 1 fully saturated rings. The van der Waals surface area contributed by atoms with Crippen LogP contribution in [-0.2, 0) is 6.18 Å². The largest absolute Gasteiger partial charge is 0.493 e. The van der Waals surface area contributed by atoms with Gasteiger partial charge in [-0.1, -0.05) is 23.4 Å². The summed E-state index contributed by atoms with van der Waals surface area (Å²) in [6.45, 7) is 0.644. The highest BCUT2D eigenvalue weighted by Gasteiger charge is 2.36. The number of hydrogen-bond acceptors (Lipinski definition) is 6. The van der Waals surface area contributed by atoms with Gasteiger partial charge in [-0.25, -0.2) is 4.79 Å². The van der Waals surface area contributed by atoms with Crippen molar-refractivity contribution in [3.05, 3.63) is 53.9 Å². The summed E-state index contributed by atoms with van der Waals surface area (Å²) in [5, 5.41) is 6.56. The van der Waals surface area contributed by atoms with Crippen LogP contribution in [0.4, 0.5) is 23.7 Å². The number of amides is 2. The van der Waals surface area contributed by atoms with Crippen molar-refractivity contribution in [1.82, 2.24) is 15.0 Å². The summed E-state index contributed by atoms with van der Waals surface area (Å²) >= 11 is 0. The first-order valence-corrected chi connectivity index (χ1v) is 9.58. The Bertz CT molecular complexity index is 1130. The smallest absolute Gasteiger partial charge is 0.416 e. The number of benzene rings is 2. The second-order valence-corrected chi connectivity index (χ2v) is 7.11. The maximum absolute atomic E-state index is 12.9. The molecule has 1 aliphatic rings. The maximum atomic E-state index is 12.9. The molecular formula is C21H19F3N4O4. The van der Waals surface area contributed by atoms with Crippen molar-refractivity contribution in [3.8, 4) is 22.9 Å². The van der Waals surface area contributed by atoms with E-state index < -0.39 is 11.7 Å². The van der Waals surface area contributed by atoms with Gasteiger partial charge in [0.1, 0.15) is 0 Å². The van der Waals surface area contributed by atoms with Crippen molar-refractivity contribution >= 4 is 11.7 Å². The van der Waals surface area contributed by atoms with Crippen LogP contribution in [0.25, 0.3) is 11.4 Å². The van der Waals surface area contributed by atoms with Crippen LogP contribution in [0.1, 0.15) is 17.4 Å². The number of aromatic nitrogens is 2. The van der Waals surface area contributed by atoms with E-state index in [-0.39, 0.29) is 29.2 Å². The molecule has 32 heavy (non-hydrogen) atoms. The lowest BCUT2D eigenvalue weighted by Gasteiger charge is -2.37. The Hall–Kier alpha value is -3.76. The van der Waals surface area contributed by atoms with E-state index in [1.807, 2.05) is 0 Å². The minimum Gasteiger partial charge on any atom is -0.493 e. The number of urea groups is 1. The topological polar surface area (TPSA) is 89.7 Å². The molecule has 1 aromatic heterocycles. The summed E-state index contributed by atoms with van der Waals surface area (Å²) in [5.74, 6) is 1.01. The highest BCUT2D eigenvalue weighted by molar-refractivity contribution is 5.92. The average Bonchev–Trinajstić information content (AvgIpc) is 3.21. The summed E-state index contributed by atoms with van der Waals surface area (Å²) in [7, 11) is 2.98. The van der Waals surface area contributed by atoms with Gasteiger partial charge in [-0.2, -0.15) is 18.2 Å². The van der Waals surface area contributed by atoms with Crippen LogP contribution in [0.3, 0.4) is 0 Å². The SMILES string of the molecule is COc1cccc(NC(=O)N2CC(c3nc(-c4cccc(C(F)(F)F)c4)no3)C2)c1OC. The molecule has 2 aromatic carbocycles. The van der Waals surface area contributed by atoms with Crippen molar-refractivity contribution < 1.29 is 32.0 Å². The van der Waals surface area contributed by atoms with E-state index in [1.165, 1.54) is 31.3 Å². The van der Waals surface area contributed by atoms with E-state index in [4.69, 9.17) is 14.0 Å². The third-order valence-electron chi connectivity index (χ3n) is 5.05. The van der Waals surface area contributed by atoms with Gasteiger partial charge in [-0.05, 0) is 24.3 Å². The molecule has 1 saturated heterocycles. The van der Waals surface area contributed by atoms with E-state index in [0.717, 1.165) is 12.1 Å². The molecule has 1 aliphatic heterocycles. The number of methoxy groups -OCH3 is 2. The van der Waals surface area contributed by atoms with Gasteiger partial charge in [0.2, 0.25) is 11.7 Å². The van der Waals surface area contributed by atoms with Gasteiger partial charge in [0, 0.05) is 18.7 Å². The van der Waals surface area contributed by atoms with E-state index in [1.54, 1.807) is 18.2 Å². The number of likely N-dealkylation sites (tertiary alicyclic amines) is 1. The first-order chi connectivity index (χ1) is 15.3. The summed E-state index contributed by atoms with van der Waals surface area (Å²) in [4.78, 5) is 18.3. The molecule has 0 unspecified atom stereocenters. The number of hydrogen-bond donors (Lipinski definition) is 1. The normalized spacial score (nSPS) is 14.1. The fraction of sp³-hybridized carbons (Fsp3) is 0.286. The van der Waals surface area contributed by atoms with Crippen molar-refractivity contribution in [3.63, 3.8) is 0 Å². The lowest BCUT2D eigenvalue weighted by atomic mass is 10.0. The standard InChI is InChI=1S/C21H19F3N4O4/c1-30-16-8-4-7-15(17(16)31-2)25-20(29)28-10-13(11-28)19-26-18(27-32-19)12-5-3-6-14(9-12)21(22,23)24/h3-9,13H,10-11H2,1-2H3,(H,25,29). The molecule has 2 amide bonds. The molecular weight excluding hydrogens is 429 g/mol. The average molecular weight is 448 g/mol. The third-order valence-corrected chi connectivity index (χ3v) is 5.05. The van der Waals surface area contributed by atoms with Gasteiger partial charge in [0.25, 0.3) is 0 Å². The number of nitrogens with zero attached hydrogens (tertiary/aromatic N) is 3. The zero-order valence-electron chi connectivity index (χ0n) is 17.1. The molecule has 0 bridgehead atoms. The van der Waals surface area contributed by atoms with Gasteiger partial charge in [0.15, 0.2) is 11.5 Å². The predicted octanol–water partition coefficient (Wildman–Crippen LogP) is 4.40. The minimum atomic E-state index is -4.46. The number of anilines is 1. The van der Waals surface area contributed by atoms with Gasteiger partial charge < -0.3 is 24.2 Å². The van der Waals surface area contributed by atoms with Crippen molar-refractivity contribution in [2.24, 2.45) is 0 Å². The van der Waals surface area contributed by atoms with Crippen LogP contribution in [0.2, 0.25) is 0 Å². The van der Waals surface area contributed by atoms with Crippen LogP contribution >= 0.6 is 0 Å². The number of ether oxygens (including phenoxy) is 2. The van der Waals surface area contributed by atoms with E-state index in [0.29, 0.717) is 30.3 Å². The number of para-hydroxylation sites is 1. The molecule has 4 rings (SSSR count). The van der Waals surface area contributed by atoms with Crippen molar-refractivity contribution in [2.45, 2.75) is 12.1 Å². The molecule has 8 nitrogen and oxygen atoms in total. The number of alkyl halides is 3. The zero-order valence-corrected chi connectivity index (χ0v) is 17.1. The molecule has 0 aliphatic carbocycles. The van der Waals surface area contributed by atoms with Crippen LogP contribution in [0.15, 0.2) is 47.0 Å². The fourth-order valence-electron chi connectivity index (χ4n) is 3.33. The van der Waals surface area contributed by atoms with Crippen LogP contribution in [0, 0.1) is 0 Å². The molecule has 2 heterocycles. The van der Waals surface area contributed by atoms with Gasteiger partial charge >= 0.3 is 12.2 Å². The Balaban J connectivity index is 1.40. The number of carbonyl (C=O) groups excluding carboxylic acids is 1. The Labute approximate surface area is 180 Å². The third kappa shape index (κ3) is 4.18. The first kappa shape index (κ1) is 21.5. The van der Waals surface area contributed by atoms with Gasteiger partial charge in [0.05, 0.1) is 31.4 Å². The Morgan fingerprint density at radius 3 is 2.59 bits per heavy atom. The number of rotatable bonds is 5. The summed E-state index contributed by atoms with van der Waals surface area (Å²) in [6, 6.07) is 9.50. The Morgan fingerprint density at radius 2 is 1.91 bits per heavy atom. The van der Waals surface area contributed by atoms with Crippen LogP contribution < -0.4 is 14.8 Å². The second kappa shape index (κ2) is 8.40. The molecule has 1 N–H and O–H groups in total. The fourth-order valence-corrected chi connectivity index (χ4v) is 3.33. The van der Waals surface area contributed by atoms with E-state index >= 15 is 0 Å². The van der Waals surface area contributed by atoms with Crippen LogP contribution in [0.5, 0.6) is 11.5 Å². The van der Waals surface area contributed by atoms with Crippen molar-refractivity contribution in [2.75, 3.05) is 32.6 Å². The van der Waals surface area contributed by atoms with E-state index in [9.17, 15) is 18.0 Å². The Morgan fingerprint density at radius 1 is 1.16 bits per heavy atom. The molecule has 3 aromatic rings. The molecule has 0 saturated carbocycles. The maximum Gasteiger partial charge on any atom is 0.416 e. The monoisotopic (exact) mass is 448 g/mol. The summed E-state index contributed by atoms with van der Waals surface area (Å²) in [6.07, 6.45) is -4.46. The minimum absolute atomic E-state index is 0.0649. The van der Waals surface area contributed by atoms with Gasteiger partial charge in [-0.15, -0.1) is 0 Å². The molecule has 0 radical (unpaired) electrons. The highest BCUT2D eigenvalue weighted by Crippen LogP contribution is 2.36. The number of carbonyl (C=O) groups is 1. The second-order valence-electron chi connectivity index (χ2n) is 7.11. The summed E-state index contributed by atoms with van der Waals surface area (Å²) < 4.78 is 54.5. The highest BCUT2D eigenvalue weighted by atomic mass is 19.4. The van der Waals surface area contributed by atoms with Crippen LogP contribution in [-0.4, -0.2) is 48.4 Å². The zero-order chi connectivity index (χ0) is 22.9. The molecule has 168 valence electrons.